The molecule has 0 unspecified atom stereocenters. The molecule has 3 rings (SSSR count). The maximum Gasteiger partial charge on any atom is 0.159 e. The molecule has 0 spiro atoms. The third-order valence-corrected chi connectivity index (χ3v) is 2.85. The van der Waals surface area contributed by atoms with Crippen molar-refractivity contribution in [1.29, 1.82) is 0 Å². The van der Waals surface area contributed by atoms with Crippen molar-refractivity contribution in [2.75, 3.05) is 0 Å². The number of benzene rings is 1. The summed E-state index contributed by atoms with van der Waals surface area (Å²) < 4.78 is 0. The monoisotopic (exact) mass is 201 g/mol. The van der Waals surface area contributed by atoms with Crippen molar-refractivity contribution in [2.45, 2.75) is 25.3 Å². The van der Waals surface area contributed by atoms with Crippen LogP contribution in [0.25, 0.3) is 11.0 Å². The van der Waals surface area contributed by atoms with Crippen LogP contribution in [-0.4, -0.2) is 20.8 Å². The molecule has 1 aromatic heterocycles. The zero-order valence-corrected chi connectivity index (χ0v) is 8.26. The molecule has 76 valence electrons. The first kappa shape index (κ1) is 8.59. The molecule has 1 heterocycles. The second-order valence-corrected chi connectivity index (χ2v) is 3.88. The summed E-state index contributed by atoms with van der Waals surface area (Å²) in [6.45, 7) is 0. The Morgan fingerprint density at radius 2 is 1.87 bits per heavy atom. The number of ketones is 1. The van der Waals surface area contributed by atoms with Gasteiger partial charge in [-0.3, -0.25) is 4.79 Å². The summed E-state index contributed by atoms with van der Waals surface area (Å²) in [5.41, 5.74) is 1.72. The Labute approximate surface area is 86.9 Å². The van der Waals surface area contributed by atoms with Gasteiger partial charge in [-0.2, -0.15) is 15.0 Å². The molecule has 0 radical (unpaired) electrons. The van der Waals surface area contributed by atoms with Gasteiger partial charge in [0.05, 0.1) is 0 Å². The predicted octanol–water partition coefficient (Wildman–Crippen LogP) is 1.73. The minimum Gasteiger partial charge on any atom is -0.297 e. The number of hydrogen-bond acceptors (Lipinski definition) is 3. The molecule has 2 aromatic rings. The van der Waals surface area contributed by atoms with Gasteiger partial charge >= 0.3 is 0 Å². The summed E-state index contributed by atoms with van der Waals surface area (Å²) in [5, 5.41) is 8.66. The molecule has 0 N–H and O–H groups in total. The van der Waals surface area contributed by atoms with E-state index in [9.17, 15) is 4.79 Å². The highest BCUT2D eigenvalue weighted by Crippen LogP contribution is 2.25. The van der Waals surface area contributed by atoms with Crippen LogP contribution in [-0.2, 0) is 4.79 Å². The number of carbonyl (C=O) groups excluding carboxylic acids is 1. The highest BCUT2D eigenvalue weighted by atomic mass is 16.1. The van der Waals surface area contributed by atoms with Crippen LogP contribution in [0.5, 0.6) is 0 Å². The van der Waals surface area contributed by atoms with Gasteiger partial charge in [-0.15, -0.1) is 0 Å². The highest BCUT2D eigenvalue weighted by Gasteiger charge is 2.27. The summed E-state index contributed by atoms with van der Waals surface area (Å²) in [6.07, 6.45) is 2.50. The van der Waals surface area contributed by atoms with Gasteiger partial charge in [0.15, 0.2) is 5.78 Å². The largest absolute Gasteiger partial charge is 0.297 e. The Morgan fingerprint density at radius 1 is 1.20 bits per heavy atom. The Morgan fingerprint density at radius 3 is 2.40 bits per heavy atom. The molecule has 1 aromatic carbocycles. The molecule has 1 atom stereocenters. The van der Waals surface area contributed by atoms with E-state index in [1.54, 1.807) is 4.80 Å². The van der Waals surface area contributed by atoms with Crippen molar-refractivity contribution < 1.29 is 4.79 Å². The van der Waals surface area contributed by atoms with Gasteiger partial charge in [0.1, 0.15) is 17.1 Å². The van der Waals surface area contributed by atoms with Crippen molar-refractivity contribution in [3.8, 4) is 0 Å². The van der Waals surface area contributed by atoms with E-state index in [1.165, 1.54) is 0 Å². The minimum atomic E-state index is -0.127. The molecule has 4 heteroatoms. The van der Waals surface area contributed by atoms with Gasteiger partial charge < -0.3 is 0 Å². The van der Waals surface area contributed by atoms with E-state index >= 15 is 0 Å². The summed E-state index contributed by atoms with van der Waals surface area (Å²) in [7, 11) is 0. The lowest BCUT2D eigenvalue weighted by Gasteiger charge is -2.04. The lowest BCUT2D eigenvalue weighted by atomic mass is 10.2. The number of nitrogens with zero attached hydrogens (tertiary/aromatic N) is 3. The Bertz CT molecular complexity index is 484. The quantitative estimate of drug-likeness (QED) is 0.705. The van der Waals surface area contributed by atoms with Gasteiger partial charge in [-0.05, 0) is 25.0 Å². The summed E-state index contributed by atoms with van der Waals surface area (Å²) in [6, 6.07) is 7.56. The summed E-state index contributed by atoms with van der Waals surface area (Å²) in [5.74, 6) is 0.260. The number of Topliss-reactive ketones (excluding diaryl/α,β-unsaturated/α-hetero) is 1. The van der Waals surface area contributed by atoms with Crippen molar-refractivity contribution in [3.05, 3.63) is 24.3 Å². The molecule has 1 aliphatic rings. The second-order valence-electron chi connectivity index (χ2n) is 3.88. The van der Waals surface area contributed by atoms with E-state index in [4.69, 9.17) is 0 Å². The maximum absolute atomic E-state index is 11.6. The van der Waals surface area contributed by atoms with E-state index in [2.05, 4.69) is 10.2 Å². The van der Waals surface area contributed by atoms with Gasteiger partial charge in [0.25, 0.3) is 0 Å². The van der Waals surface area contributed by atoms with E-state index in [-0.39, 0.29) is 11.8 Å². The standard InChI is InChI=1S/C11H11N3O/c15-11-7-3-6-10(11)14-12-8-4-1-2-5-9(8)13-14/h1-2,4-5,10H,3,6-7H2/t10-/m1/s1. The van der Waals surface area contributed by atoms with Crippen LogP contribution in [0.2, 0.25) is 0 Å². The first-order chi connectivity index (χ1) is 7.34. The number of fused-ring (bicyclic) bond motifs is 1. The molecular weight excluding hydrogens is 190 g/mol. The molecule has 1 aliphatic carbocycles. The van der Waals surface area contributed by atoms with Crippen LogP contribution in [0.4, 0.5) is 0 Å². The smallest absolute Gasteiger partial charge is 0.159 e. The first-order valence-corrected chi connectivity index (χ1v) is 5.19. The normalized spacial score (nSPS) is 21.3. The average molecular weight is 201 g/mol. The molecule has 0 amide bonds. The molecule has 4 nitrogen and oxygen atoms in total. The second kappa shape index (κ2) is 3.15. The zero-order valence-electron chi connectivity index (χ0n) is 8.26. The van der Waals surface area contributed by atoms with Crippen LogP contribution in [0, 0.1) is 0 Å². The van der Waals surface area contributed by atoms with E-state index < -0.39 is 0 Å². The fourth-order valence-corrected chi connectivity index (χ4v) is 2.06. The van der Waals surface area contributed by atoms with Crippen molar-refractivity contribution in [1.82, 2.24) is 15.0 Å². The van der Waals surface area contributed by atoms with E-state index in [1.807, 2.05) is 24.3 Å². The van der Waals surface area contributed by atoms with E-state index in [0.29, 0.717) is 6.42 Å². The van der Waals surface area contributed by atoms with Crippen LogP contribution in [0.3, 0.4) is 0 Å². The number of hydrogen-bond donors (Lipinski definition) is 0. The molecule has 0 aliphatic heterocycles. The van der Waals surface area contributed by atoms with Gasteiger partial charge in [0.2, 0.25) is 0 Å². The number of aromatic nitrogens is 3. The van der Waals surface area contributed by atoms with Gasteiger partial charge in [-0.1, -0.05) is 12.1 Å². The minimum absolute atomic E-state index is 0.127. The third kappa shape index (κ3) is 1.33. The van der Waals surface area contributed by atoms with Gasteiger partial charge in [-0.25, -0.2) is 0 Å². The van der Waals surface area contributed by atoms with Gasteiger partial charge in [0, 0.05) is 6.42 Å². The molecule has 0 bridgehead atoms. The topological polar surface area (TPSA) is 47.8 Å². The fraction of sp³-hybridized carbons (Fsp3) is 0.364. The highest BCUT2D eigenvalue weighted by molar-refractivity contribution is 5.84. The first-order valence-electron chi connectivity index (χ1n) is 5.19. The fourth-order valence-electron chi connectivity index (χ4n) is 2.06. The van der Waals surface area contributed by atoms with E-state index in [0.717, 1.165) is 23.9 Å². The number of carbonyl (C=O) groups is 1. The van der Waals surface area contributed by atoms with Crippen LogP contribution >= 0.6 is 0 Å². The average Bonchev–Trinajstić information content (AvgIpc) is 2.82. The molecule has 1 fully saturated rings. The maximum atomic E-state index is 11.6. The Hall–Kier alpha value is -1.71. The van der Waals surface area contributed by atoms with Crippen LogP contribution in [0.15, 0.2) is 24.3 Å². The van der Waals surface area contributed by atoms with Crippen molar-refractivity contribution in [3.63, 3.8) is 0 Å². The third-order valence-electron chi connectivity index (χ3n) is 2.85. The molecule has 1 saturated carbocycles. The predicted molar refractivity (Wildman–Crippen MR) is 55.4 cm³/mol. The lowest BCUT2D eigenvalue weighted by molar-refractivity contribution is -0.120. The van der Waals surface area contributed by atoms with Crippen molar-refractivity contribution >= 4 is 16.8 Å². The zero-order chi connectivity index (χ0) is 10.3. The Kier molecular flexibility index (Phi) is 1.80. The molecular formula is C11H11N3O. The summed E-state index contributed by atoms with van der Waals surface area (Å²) >= 11 is 0. The van der Waals surface area contributed by atoms with Crippen LogP contribution in [0.1, 0.15) is 25.3 Å². The van der Waals surface area contributed by atoms with Crippen molar-refractivity contribution in [2.24, 2.45) is 0 Å². The van der Waals surface area contributed by atoms with Crippen LogP contribution < -0.4 is 0 Å². The SMILES string of the molecule is O=C1CCC[C@H]1n1nc2ccccc2n1. The molecule has 0 saturated heterocycles. The summed E-state index contributed by atoms with van der Waals surface area (Å²) in [4.78, 5) is 13.1. The lowest BCUT2D eigenvalue weighted by Crippen LogP contribution is -2.15. The Balaban J connectivity index is 2.08. The number of rotatable bonds is 1. The molecule has 15 heavy (non-hydrogen) atoms.